The van der Waals surface area contributed by atoms with Crippen LogP contribution in [0.25, 0.3) is 0 Å². The van der Waals surface area contributed by atoms with Gasteiger partial charge in [-0.2, -0.15) is 0 Å². The lowest BCUT2D eigenvalue weighted by Gasteiger charge is -2.68. The summed E-state index contributed by atoms with van der Waals surface area (Å²) in [4.78, 5) is 42.0. The van der Waals surface area contributed by atoms with Crippen molar-refractivity contribution in [1.29, 1.82) is 0 Å². The molecule has 1 spiro atoms. The van der Waals surface area contributed by atoms with Crippen molar-refractivity contribution in [1.82, 2.24) is 0 Å². The van der Waals surface area contributed by atoms with Gasteiger partial charge in [-0.1, -0.05) is 44.9 Å². The van der Waals surface area contributed by atoms with Crippen molar-refractivity contribution in [2.75, 3.05) is 4.90 Å². The molecule has 0 radical (unpaired) electrons. The molecule has 5 aliphatic carbocycles. The Morgan fingerprint density at radius 3 is 2.50 bits per heavy atom. The molecule has 6 heteroatoms. The first kappa shape index (κ1) is 23.7. The Labute approximate surface area is 212 Å². The highest BCUT2D eigenvalue weighted by Crippen LogP contribution is 2.74. The van der Waals surface area contributed by atoms with Crippen molar-refractivity contribution in [3.63, 3.8) is 0 Å². The molecular formula is C30H37NO5. The van der Waals surface area contributed by atoms with Crippen LogP contribution in [0, 0.1) is 51.8 Å². The molecule has 2 N–H and O–H groups in total. The maximum Gasteiger partial charge on any atom is 0.309 e. The van der Waals surface area contributed by atoms with E-state index in [9.17, 15) is 24.6 Å². The average molecular weight is 492 g/mol. The molecule has 1 aliphatic heterocycles. The van der Waals surface area contributed by atoms with Crippen LogP contribution in [0.1, 0.15) is 66.2 Å². The number of hydrogen-bond acceptors (Lipinski definition) is 4. The first-order valence-electron chi connectivity index (χ1n) is 13.6. The molecule has 1 aromatic rings. The number of carbonyl (C=O) groups is 3. The van der Waals surface area contributed by atoms with Gasteiger partial charge in [0.15, 0.2) is 0 Å². The minimum Gasteiger partial charge on any atom is -0.508 e. The Kier molecular flexibility index (Phi) is 4.92. The highest BCUT2D eigenvalue weighted by molar-refractivity contribution is 6.23. The normalized spacial score (nSPS) is 43.2. The molecule has 1 aromatic carbocycles. The number of nitrogens with zero attached hydrogens (tertiary/aromatic N) is 1. The molecule has 7 rings (SSSR count). The van der Waals surface area contributed by atoms with Crippen molar-refractivity contribution >= 4 is 23.5 Å². The number of rotatable bonds is 3. The average Bonchev–Trinajstić information content (AvgIpc) is 3.10. The van der Waals surface area contributed by atoms with E-state index in [4.69, 9.17) is 0 Å². The Morgan fingerprint density at radius 1 is 1.08 bits per heavy atom. The van der Waals surface area contributed by atoms with Crippen LogP contribution >= 0.6 is 0 Å². The topological polar surface area (TPSA) is 94.9 Å². The molecule has 4 fully saturated rings. The van der Waals surface area contributed by atoms with Crippen molar-refractivity contribution in [2.24, 2.45) is 51.8 Å². The smallest absolute Gasteiger partial charge is 0.309 e. The zero-order chi connectivity index (χ0) is 25.8. The fourth-order valence-electron chi connectivity index (χ4n) is 9.84. The lowest BCUT2D eigenvalue weighted by molar-refractivity contribution is -0.194. The molecule has 8 atom stereocenters. The van der Waals surface area contributed by atoms with Crippen LogP contribution in [0.2, 0.25) is 0 Å². The summed E-state index contributed by atoms with van der Waals surface area (Å²) in [5.74, 6) is -1.24. The fourth-order valence-corrected chi connectivity index (χ4v) is 9.84. The summed E-state index contributed by atoms with van der Waals surface area (Å²) in [7, 11) is 0. The van der Waals surface area contributed by atoms with Gasteiger partial charge >= 0.3 is 5.97 Å². The molecule has 0 aromatic heterocycles. The van der Waals surface area contributed by atoms with Crippen LogP contribution in [0.5, 0.6) is 5.75 Å². The van der Waals surface area contributed by atoms with Crippen LogP contribution < -0.4 is 4.90 Å². The molecule has 1 saturated heterocycles. The van der Waals surface area contributed by atoms with Gasteiger partial charge in [-0.3, -0.25) is 14.4 Å². The van der Waals surface area contributed by atoms with E-state index < -0.39 is 22.7 Å². The van der Waals surface area contributed by atoms with Crippen LogP contribution in [0.4, 0.5) is 5.69 Å². The number of hydrogen-bond donors (Lipinski definition) is 2. The van der Waals surface area contributed by atoms with Gasteiger partial charge in [0, 0.05) is 11.5 Å². The lowest BCUT2D eigenvalue weighted by atomic mass is 9.34. The van der Waals surface area contributed by atoms with E-state index in [0.29, 0.717) is 12.1 Å². The number of anilines is 1. The van der Waals surface area contributed by atoms with Gasteiger partial charge in [-0.25, -0.2) is 4.90 Å². The van der Waals surface area contributed by atoms with E-state index >= 15 is 0 Å². The molecule has 0 unspecified atom stereocenters. The standard InChI is InChI=1S/C30H37NO5/c1-16(2)20-15-30-12-9-21-28(3,10-6-11-29(21,4)27(35)36)22(30)14-19(20)23-24(30)26(34)31(25(23)33)17-7-5-8-18(32)13-17/h5,7-8,13,15-16,19,21-24,32H,6,9-12,14H2,1-4H3,(H,35,36)/t19-,21-,22-,23-,24+,28+,29-,30+/m1/s1. The zero-order valence-corrected chi connectivity index (χ0v) is 21.7. The van der Waals surface area contributed by atoms with E-state index in [1.54, 1.807) is 18.2 Å². The number of carbonyl (C=O) groups excluding carboxylic acids is 2. The molecule has 6 nitrogen and oxygen atoms in total. The van der Waals surface area contributed by atoms with E-state index in [2.05, 4.69) is 26.8 Å². The molecule has 2 bridgehead atoms. The second-order valence-corrected chi connectivity index (χ2v) is 13.0. The summed E-state index contributed by atoms with van der Waals surface area (Å²) in [6, 6.07) is 6.43. The Morgan fingerprint density at radius 2 is 1.83 bits per heavy atom. The zero-order valence-electron chi connectivity index (χ0n) is 21.7. The van der Waals surface area contributed by atoms with Gasteiger partial charge in [0.25, 0.3) is 0 Å². The fraction of sp³-hybridized carbons (Fsp3) is 0.633. The van der Waals surface area contributed by atoms with Gasteiger partial charge in [-0.05, 0) is 80.2 Å². The summed E-state index contributed by atoms with van der Waals surface area (Å²) >= 11 is 0. The van der Waals surface area contributed by atoms with Crippen molar-refractivity contribution in [3.05, 3.63) is 35.9 Å². The molecule has 1 heterocycles. The Hall–Kier alpha value is -2.63. The quantitative estimate of drug-likeness (QED) is 0.436. The minimum atomic E-state index is -0.752. The first-order chi connectivity index (χ1) is 17.0. The Balaban J connectivity index is 1.50. The number of carboxylic acid groups (broad SMARTS) is 1. The third-order valence-corrected chi connectivity index (χ3v) is 11.2. The summed E-state index contributed by atoms with van der Waals surface area (Å²) < 4.78 is 0. The largest absolute Gasteiger partial charge is 0.508 e. The second kappa shape index (κ2) is 7.45. The highest BCUT2D eigenvalue weighted by Gasteiger charge is 2.73. The van der Waals surface area contributed by atoms with Crippen LogP contribution in [-0.2, 0) is 14.4 Å². The molecule has 192 valence electrons. The predicted octanol–water partition coefficient (Wildman–Crippen LogP) is 5.41. The van der Waals surface area contributed by atoms with Gasteiger partial charge < -0.3 is 10.2 Å². The summed E-state index contributed by atoms with van der Waals surface area (Å²) in [5.41, 5.74) is 0.366. The number of fused-ring (bicyclic) bond motifs is 1. The molecule has 6 aliphatic rings. The van der Waals surface area contributed by atoms with Crippen LogP contribution in [0.15, 0.2) is 35.9 Å². The maximum absolute atomic E-state index is 14.2. The Bertz CT molecular complexity index is 1200. The van der Waals surface area contributed by atoms with Gasteiger partial charge in [-0.15, -0.1) is 0 Å². The number of aromatic hydroxyl groups is 1. The summed E-state index contributed by atoms with van der Waals surface area (Å²) in [5, 5.41) is 20.3. The van der Waals surface area contributed by atoms with E-state index in [1.165, 1.54) is 16.5 Å². The van der Waals surface area contributed by atoms with Crippen LogP contribution in [0.3, 0.4) is 0 Å². The number of aliphatic carboxylic acids is 1. The highest BCUT2D eigenvalue weighted by atomic mass is 16.4. The number of allylic oxidation sites excluding steroid dienone is 2. The molecule has 3 saturated carbocycles. The van der Waals surface area contributed by atoms with Crippen LogP contribution in [-0.4, -0.2) is 28.0 Å². The second-order valence-electron chi connectivity index (χ2n) is 13.0. The predicted molar refractivity (Wildman–Crippen MR) is 135 cm³/mol. The van der Waals surface area contributed by atoms with E-state index in [0.717, 1.165) is 32.1 Å². The number of phenolic OH excluding ortho intramolecular Hbond substituents is 1. The number of carboxylic acids is 1. The summed E-state index contributed by atoms with van der Waals surface area (Å²) in [6.45, 7) is 8.58. The number of imide groups is 1. The number of amides is 2. The third-order valence-electron chi connectivity index (χ3n) is 11.2. The van der Waals surface area contributed by atoms with Gasteiger partial charge in [0.1, 0.15) is 5.75 Å². The molecule has 2 amide bonds. The van der Waals surface area contributed by atoms with Crippen molar-refractivity contribution in [3.8, 4) is 5.75 Å². The molecular weight excluding hydrogens is 454 g/mol. The first-order valence-corrected chi connectivity index (χ1v) is 13.6. The SMILES string of the molecule is CC(C)C1=C[C@@]23CC[C@@H]4[C@](C)(CCC[C@@]4(C)C(=O)O)[C@H]2C[C@H]1[C@H]1C(=O)N(c2cccc(O)c2)C(=O)[C@H]13. The van der Waals surface area contributed by atoms with Gasteiger partial charge in [0.05, 0.1) is 22.9 Å². The third kappa shape index (κ3) is 2.76. The monoisotopic (exact) mass is 491 g/mol. The lowest BCUT2D eigenvalue weighted by Crippen LogP contribution is -2.65. The van der Waals surface area contributed by atoms with Gasteiger partial charge in [0.2, 0.25) is 11.8 Å². The maximum atomic E-state index is 14.2. The molecule has 36 heavy (non-hydrogen) atoms. The number of phenols is 1. The van der Waals surface area contributed by atoms with Crippen molar-refractivity contribution in [2.45, 2.75) is 66.2 Å². The number of benzene rings is 1. The minimum absolute atomic E-state index is 0.00535. The summed E-state index contributed by atoms with van der Waals surface area (Å²) in [6.07, 6.45) is 7.30. The van der Waals surface area contributed by atoms with E-state index in [-0.39, 0.29) is 52.6 Å². The van der Waals surface area contributed by atoms with Crippen molar-refractivity contribution < 1.29 is 24.6 Å². The van der Waals surface area contributed by atoms with E-state index in [1.807, 2.05) is 6.92 Å².